The minimum atomic E-state index is -0.613. The average Bonchev–Trinajstić information content (AvgIpc) is 3.33. The second kappa shape index (κ2) is 7.10. The zero-order valence-electron chi connectivity index (χ0n) is 15.5. The van der Waals surface area contributed by atoms with Gasteiger partial charge in [0, 0.05) is 26.2 Å². The fourth-order valence-corrected chi connectivity index (χ4v) is 4.20. The lowest BCUT2D eigenvalue weighted by molar-refractivity contribution is -0.0673. The molecule has 0 amide bonds. The van der Waals surface area contributed by atoms with Gasteiger partial charge in [-0.05, 0) is 37.8 Å². The van der Waals surface area contributed by atoms with Crippen molar-refractivity contribution in [3.63, 3.8) is 0 Å². The summed E-state index contributed by atoms with van der Waals surface area (Å²) in [6.07, 6.45) is 2.40. The van der Waals surface area contributed by atoms with Crippen molar-refractivity contribution in [1.82, 2.24) is 10.2 Å². The molecule has 0 aliphatic carbocycles. The van der Waals surface area contributed by atoms with Crippen molar-refractivity contribution in [3.8, 4) is 0 Å². The molecule has 1 aromatic heterocycles. The monoisotopic (exact) mass is 358 g/mol. The van der Waals surface area contributed by atoms with E-state index < -0.39 is 5.60 Å². The van der Waals surface area contributed by atoms with E-state index in [0.717, 1.165) is 19.3 Å². The minimum Gasteiger partial charge on any atom is -0.421 e. The first kappa shape index (κ1) is 17.6. The molecule has 2 fully saturated rings. The van der Waals surface area contributed by atoms with Crippen LogP contribution in [-0.4, -0.2) is 43.2 Å². The molecule has 0 saturated carbocycles. The van der Waals surface area contributed by atoms with Crippen molar-refractivity contribution in [2.75, 3.05) is 33.0 Å². The molecule has 3 heterocycles. The third kappa shape index (κ3) is 2.86. The maximum absolute atomic E-state index is 6.29. The van der Waals surface area contributed by atoms with Crippen molar-refractivity contribution in [1.29, 1.82) is 0 Å². The minimum absolute atomic E-state index is 0.304. The normalized spacial score (nSPS) is 25.5. The highest BCUT2D eigenvalue weighted by Gasteiger charge is 2.47. The molecule has 1 unspecified atom stereocenters. The van der Waals surface area contributed by atoms with Gasteiger partial charge in [-0.15, -0.1) is 10.2 Å². The molecule has 2 aliphatic rings. The van der Waals surface area contributed by atoms with Crippen molar-refractivity contribution in [2.24, 2.45) is 0 Å². The summed E-state index contributed by atoms with van der Waals surface area (Å²) in [5, 5.41) is 8.90. The Balaban J connectivity index is 1.76. The molecular formula is C20H26N2O4. The maximum Gasteiger partial charge on any atom is 0.250 e. The van der Waals surface area contributed by atoms with E-state index in [0.29, 0.717) is 44.8 Å². The molecule has 6 heteroatoms. The molecule has 0 spiro atoms. The third-order valence-corrected chi connectivity index (χ3v) is 5.64. The number of ether oxygens (including phenoxy) is 3. The van der Waals surface area contributed by atoms with E-state index in [-0.39, 0.29) is 5.41 Å². The van der Waals surface area contributed by atoms with E-state index in [9.17, 15) is 0 Å². The highest BCUT2D eigenvalue weighted by Crippen LogP contribution is 2.43. The molecule has 6 nitrogen and oxygen atoms in total. The Morgan fingerprint density at radius 2 is 1.73 bits per heavy atom. The van der Waals surface area contributed by atoms with Gasteiger partial charge < -0.3 is 18.6 Å². The second-order valence-electron chi connectivity index (χ2n) is 7.15. The predicted octanol–water partition coefficient (Wildman–Crippen LogP) is 3.13. The Hall–Kier alpha value is -1.76. The summed E-state index contributed by atoms with van der Waals surface area (Å²) in [4.78, 5) is 0. The van der Waals surface area contributed by atoms with Gasteiger partial charge in [0.2, 0.25) is 5.89 Å². The van der Waals surface area contributed by atoms with Crippen molar-refractivity contribution >= 4 is 0 Å². The van der Waals surface area contributed by atoms with Crippen LogP contribution in [0.4, 0.5) is 0 Å². The van der Waals surface area contributed by atoms with E-state index in [4.69, 9.17) is 18.6 Å². The fourth-order valence-electron chi connectivity index (χ4n) is 4.20. The van der Waals surface area contributed by atoms with E-state index in [1.807, 2.05) is 6.92 Å². The lowest BCUT2D eigenvalue weighted by atomic mass is 9.72. The summed E-state index contributed by atoms with van der Waals surface area (Å²) >= 11 is 0. The van der Waals surface area contributed by atoms with Crippen LogP contribution in [-0.2, 0) is 25.2 Å². The topological polar surface area (TPSA) is 66.6 Å². The van der Waals surface area contributed by atoms with Crippen LogP contribution < -0.4 is 0 Å². The van der Waals surface area contributed by atoms with Crippen LogP contribution in [0.25, 0.3) is 0 Å². The summed E-state index contributed by atoms with van der Waals surface area (Å²) in [5.41, 5.74) is 1.56. The van der Waals surface area contributed by atoms with Crippen LogP contribution in [0.15, 0.2) is 28.7 Å². The average molecular weight is 358 g/mol. The highest BCUT2D eigenvalue weighted by molar-refractivity contribution is 5.38. The summed E-state index contributed by atoms with van der Waals surface area (Å²) < 4.78 is 23.5. The van der Waals surface area contributed by atoms with Crippen LogP contribution in [0.1, 0.15) is 49.1 Å². The van der Waals surface area contributed by atoms with Crippen LogP contribution in [0.2, 0.25) is 0 Å². The number of benzene rings is 1. The summed E-state index contributed by atoms with van der Waals surface area (Å²) in [6.45, 7) is 7.17. The van der Waals surface area contributed by atoms with Crippen LogP contribution in [0.3, 0.4) is 0 Å². The van der Waals surface area contributed by atoms with Crippen LogP contribution in [0, 0.1) is 6.92 Å². The molecule has 2 saturated heterocycles. The maximum atomic E-state index is 6.29. The lowest BCUT2D eigenvalue weighted by Crippen LogP contribution is -2.36. The summed E-state index contributed by atoms with van der Waals surface area (Å²) in [5.74, 6) is 1.20. The number of aromatic nitrogens is 2. The molecule has 0 radical (unpaired) electrons. The molecule has 4 rings (SSSR count). The Morgan fingerprint density at radius 1 is 1.00 bits per heavy atom. The van der Waals surface area contributed by atoms with Gasteiger partial charge in [-0.1, -0.05) is 24.3 Å². The largest absolute Gasteiger partial charge is 0.421 e. The Bertz CT molecular complexity index is 746. The first-order chi connectivity index (χ1) is 12.7. The third-order valence-electron chi connectivity index (χ3n) is 5.64. The highest BCUT2D eigenvalue weighted by atomic mass is 16.6. The van der Waals surface area contributed by atoms with E-state index >= 15 is 0 Å². The van der Waals surface area contributed by atoms with Crippen molar-refractivity contribution in [2.45, 2.75) is 44.1 Å². The molecule has 1 atom stereocenters. The first-order valence-corrected chi connectivity index (χ1v) is 9.40. The Labute approximate surface area is 153 Å². The van der Waals surface area contributed by atoms with Gasteiger partial charge in [-0.3, -0.25) is 0 Å². The number of aryl methyl sites for hydroxylation is 1. The van der Waals surface area contributed by atoms with Crippen LogP contribution >= 0.6 is 0 Å². The first-order valence-electron chi connectivity index (χ1n) is 9.40. The fraction of sp³-hybridized carbons (Fsp3) is 0.600. The number of hydrogen-bond donors (Lipinski definition) is 0. The van der Waals surface area contributed by atoms with Gasteiger partial charge in [0.05, 0.1) is 18.6 Å². The molecule has 0 bridgehead atoms. The standard InChI is InChI=1S/C20H26N2O4/c1-3-25-20(10-13-24-14-20)18-22-21-17(26-18)19(8-11-23-12-9-19)16-7-5-4-6-15(16)2/h4-7H,3,8-14H2,1-2H3. The van der Waals surface area contributed by atoms with Gasteiger partial charge in [0.15, 0.2) is 5.60 Å². The van der Waals surface area contributed by atoms with Gasteiger partial charge in [0.1, 0.15) is 0 Å². The molecule has 1 aromatic carbocycles. The van der Waals surface area contributed by atoms with Crippen molar-refractivity contribution < 1.29 is 18.6 Å². The van der Waals surface area contributed by atoms with Gasteiger partial charge in [-0.2, -0.15) is 0 Å². The second-order valence-corrected chi connectivity index (χ2v) is 7.15. The van der Waals surface area contributed by atoms with Gasteiger partial charge in [0.25, 0.3) is 5.89 Å². The Morgan fingerprint density at radius 3 is 2.42 bits per heavy atom. The van der Waals surface area contributed by atoms with Gasteiger partial charge in [-0.25, -0.2) is 0 Å². The summed E-state index contributed by atoms with van der Waals surface area (Å²) in [6, 6.07) is 8.44. The zero-order chi connectivity index (χ0) is 18.0. The molecule has 140 valence electrons. The number of rotatable bonds is 5. The molecular weight excluding hydrogens is 332 g/mol. The molecule has 0 N–H and O–H groups in total. The quantitative estimate of drug-likeness (QED) is 0.818. The summed E-state index contributed by atoms with van der Waals surface area (Å²) in [7, 11) is 0. The number of hydrogen-bond acceptors (Lipinski definition) is 6. The van der Waals surface area contributed by atoms with E-state index in [2.05, 4.69) is 41.4 Å². The van der Waals surface area contributed by atoms with E-state index in [1.165, 1.54) is 11.1 Å². The predicted molar refractivity (Wildman–Crippen MR) is 95.1 cm³/mol. The van der Waals surface area contributed by atoms with Crippen molar-refractivity contribution in [3.05, 3.63) is 47.2 Å². The zero-order valence-corrected chi connectivity index (χ0v) is 15.5. The van der Waals surface area contributed by atoms with Gasteiger partial charge >= 0.3 is 0 Å². The van der Waals surface area contributed by atoms with Crippen LogP contribution in [0.5, 0.6) is 0 Å². The molecule has 26 heavy (non-hydrogen) atoms. The molecule has 2 aromatic rings. The Kier molecular flexibility index (Phi) is 4.82. The van der Waals surface area contributed by atoms with E-state index in [1.54, 1.807) is 0 Å². The number of nitrogens with zero attached hydrogens (tertiary/aromatic N) is 2. The molecule has 2 aliphatic heterocycles. The smallest absolute Gasteiger partial charge is 0.250 e. The SMILES string of the molecule is CCOC1(c2nnc(C3(c4ccccc4C)CCOCC3)o2)CCOC1. The lowest BCUT2D eigenvalue weighted by Gasteiger charge is -2.35.